The molecule has 1 aliphatic heterocycles. The predicted molar refractivity (Wildman–Crippen MR) is 127 cm³/mol. The summed E-state index contributed by atoms with van der Waals surface area (Å²) in [6, 6.07) is 20.1. The number of H-pyrrole nitrogens is 1. The molecular weight excluding hydrogens is 417 g/mol. The van der Waals surface area contributed by atoms with Crippen LogP contribution in [0.5, 0.6) is 5.75 Å². The summed E-state index contributed by atoms with van der Waals surface area (Å²) in [5, 5.41) is 4.14. The molecule has 0 fully saturated rings. The van der Waals surface area contributed by atoms with Crippen molar-refractivity contribution in [3.63, 3.8) is 0 Å². The van der Waals surface area contributed by atoms with E-state index in [2.05, 4.69) is 47.6 Å². The molecule has 2 heterocycles. The lowest BCUT2D eigenvalue weighted by Crippen LogP contribution is -2.45. The van der Waals surface area contributed by atoms with E-state index in [0.29, 0.717) is 13.1 Å². The topological polar surface area (TPSA) is 57.4 Å². The van der Waals surface area contributed by atoms with E-state index in [4.69, 9.17) is 4.74 Å². The average Bonchev–Trinajstić information content (AvgIpc) is 3.21. The normalized spacial score (nSPS) is 15.4. The van der Waals surface area contributed by atoms with E-state index in [9.17, 15) is 9.18 Å². The molecule has 2 N–H and O–H groups in total. The van der Waals surface area contributed by atoms with Crippen molar-refractivity contribution in [2.75, 3.05) is 13.7 Å². The van der Waals surface area contributed by atoms with Gasteiger partial charge >= 0.3 is 6.03 Å². The number of fused-ring (bicyclic) bond motifs is 3. The quantitative estimate of drug-likeness (QED) is 0.439. The molecule has 33 heavy (non-hydrogen) atoms. The molecule has 168 valence electrons. The maximum absolute atomic E-state index is 13.3. The summed E-state index contributed by atoms with van der Waals surface area (Å²) < 4.78 is 18.6. The molecular formula is C27H26FN3O2. The molecule has 0 saturated heterocycles. The molecule has 2 amide bonds. The van der Waals surface area contributed by atoms with Crippen LogP contribution in [0.4, 0.5) is 9.18 Å². The molecule has 1 aliphatic rings. The Labute approximate surface area is 192 Å². The minimum atomic E-state index is -0.288. The van der Waals surface area contributed by atoms with Gasteiger partial charge in [-0.2, -0.15) is 0 Å². The van der Waals surface area contributed by atoms with Crippen LogP contribution in [0.2, 0.25) is 0 Å². The number of amides is 2. The number of rotatable bonds is 4. The van der Waals surface area contributed by atoms with Gasteiger partial charge in [0.2, 0.25) is 0 Å². The first-order valence-corrected chi connectivity index (χ1v) is 11.1. The summed E-state index contributed by atoms with van der Waals surface area (Å²) in [6.45, 7) is 2.98. The van der Waals surface area contributed by atoms with Gasteiger partial charge in [0.25, 0.3) is 0 Å². The maximum atomic E-state index is 13.3. The molecule has 0 unspecified atom stereocenters. The number of carbonyl (C=O) groups excluding carboxylic acids is 1. The van der Waals surface area contributed by atoms with Crippen LogP contribution in [0.25, 0.3) is 10.9 Å². The van der Waals surface area contributed by atoms with E-state index >= 15 is 0 Å². The summed E-state index contributed by atoms with van der Waals surface area (Å²) in [6.07, 6.45) is 0.745. The van der Waals surface area contributed by atoms with Crippen molar-refractivity contribution in [3.8, 4) is 5.75 Å². The molecule has 0 bridgehead atoms. The Hall–Kier alpha value is -3.80. The molecule has 0 saturated carbocycles. The van der Waals surface area contributed by atoms with Crippen LogP contribution in [0.3, 0.4) is 0 Å². The van der Waals surface area contributed by atoms with Crippen LogP contribution in [-0.2, 0) is 13.0 Å². The first kappa shape index (κ1) is 21.1. The van der Waals surface area contributed by atoms with Gasteiger partial charge in [-0.1, -0.05) is 42.0 Å². The SMILES string of the molecule is COc1ccc2[nH]c3c(c2c1)CCN(C(=O)NCc1ccc(F)cc1)[C@H]3c1ccc(C)cc1. The van der Waals surface area contributed by atoms with Crippen molar-refractivity contribution in [1.82, 2.24) is 15.2 Å². The highest BCUT2D eigenvalue weighted by atomic mass is 19.1. The fourth-order valence-electron chi connectivity index (χ4n) is 4.59. The number of aromatic amines is 1. The standard InChI is InChI=1S/C27H26FN3O2/c1-17-3-7-19(8-4-17)26-25-22(23-15-21(33-2)11-12-24(23)30-25)13-14-31(26)27(32)29-16-18-5-9-20(28)10-6-18/h3-12,15,26,30H,13-14,16H2,1-2H3,(H,29,32)/t26-/m0/s1. The number of urea groups is 1. The number of nitrogens with zero attached hydrogens (tertiary/aromatic N) is 1. The second-order valence-electron chi connectivity index (χ2n) is 8.47. The average molecular weight is 444 g/mol. The van der Waals surface area contributed by atoms with Crippen molar-refractivity contribution in [1.29, 1.82) is 0 Å². The molecule has 0 aliphatic carbocycles. The predicted octanol–water partition coefficient (Wildman–Crippen LogP) is 5.48. The first-order valence-electron chi connectivity index (χ1n) is 11.1. The van der Waals surface area contributed by atoms with Gasteiger partial charge in [-0.25, -0.2) is 9.18 Å². The summed E-state index contributed by atoms with van der Waals surface area (Å²) in [5.74, 6) is 0.527. The van der Waals surface area contributed by atoms with E-state index in [1.54, 1.807) is 19.2 Å². The lowest BCUT2D eigenvalue weighted by molar-refractivity contribution is 0.179. The van der Waals surface area contributed by atoms with E-state index in [1.807, 2.05) is 17.0 Å². The van der Waals surface area contributed by atoms with Gasteiger partial charge in [-0.3, -0.25) is 0 Å². The van der Waals surface area contributed by atoms with Gasteiger partial charge in [0.1, 0.15) is 11.6 Å². The molecule has 4 aromatic rings. The van der Waals surface area contributed by atoms with Crippen LogP contribution in [0, 0.1) is 12.7 Å². The van der Waals surface area contributed by atoms with Crippen LogP contribution < -0.4 is 10.1 Å². The summed E-state index contributed by atoms with van der Waals surface area (Å²) in [4.78, 5) is 18.8. The number of aryl methyl sites for hydroxylation is 1. The number of carbonyl (C=O) groups is 1. The number of methoxy groups -OCH3 is 1. The smallest absolute Gasteiger partial charge is 0.318 e. The van der Waals surface area contributed by atoms with Crippen molar-refractivity contribution in [2.24, 2.45) is 0 Å². The van der Waals surface area contributed by atoms with Gasteiger partial charge in [0.15, 0.2) is 0 Å². The number of hydrogen-bond acceptors (Lipinski definition) is 2. The third-order valence-electron chi connectivity index (χ3n) is 6.35. The van der Waals surface area contributed by atoms with Crippen LogP contribution in [0.15, 0.2) is 66.7 Å². The Kier molecular flexibility index (Phi) is 5.50. The minimum absolute atomic E-state index is 0.146. The van der Waals surface area contributed by atoms with Gasteiger partial charge < -0.3 is 19.9 Å². The van der Waals surface area contributed by atoms with E-state index in [-0.39, 0.29) is 17.9 Å². The molecule has 3 aromatic carbocycles. The van der Waals surface area contributed by atoms with Crippen molar-refractivity contribution in [3.05, 3.63) is 100 Å². The fraction of sp³-hybridized carbons (Fsp3) is 0.222. The highest BCUT2D eigenvalue weighted by Crippen LogP contribution is 2.39. The second kappa shape index (κ2) is 8.62. The Bertz CT molecular complexity index is 1300. The summed E-state index contributed by atoms with van der Waals surface area (Å²) in [7, 11) is 1.67. The molecule has 0 radical (unpaired) electrons. The number of halogens is 1. The molecule has 1 aromatic heterocycles. The third kappa shape index (κ3) is 4.04. The lowest BCUT2D eigenvalue weighted by atomic mass is 9.92. The van der Waals surface area contributed by atoms with Gasteiger partial charge in [0, 0.05) is 29.7 Å². The third-order valence-corrected chi connectivity index (χ3v) is 6.35. The minimum Gasteiger partial charge on any atom is -0.497 e. The van der Waals surface area contributed by atoms with Gasteiger partial charge in [-0.05, 0) is 60.4 Å². The molecule has 0 spiro atoms. The Morgan fingerprint density at radius 2 is 1.88 bits per heavy atom. The zero-order valence-electron chi connectivity index (χ0n) is 18.7. The molecule has 6 heteroatoms. The van der Waals surface area contributed by atoms with Crippen molar-refractivity contribution in [2.45, 2.75) is 25.9 Å². The van der Waals surface area contributed by atoms with E-state index < -0.39 is 0 Å². The van der Waals surface area contributed by atoms with Crippen LogP contribution in [-0.4, -0.2) is 29.6 Å². The van der Waals surface area contributed by atoms with E-state index in [0.717, 1.165) is 39.9 Å². The fourth-order valence-corrected chi connectivity index (χ4v) is 4.59. The Morgan fingerprint density at radius 1 is 1.12 bits per heavy atom. The first-order chi connectivity index (χ1) is 16.0. The van der Waals surface area contributed by atoms with Gasteiger partial charge in [0.05, 0.1) is 13.2 Å². The number of hydrogen-bond donors (Lipinski definition) is 2. The number of nitrogens with one attached hydrogen (secondary N) is 2. The van der Waals surface area contributed by atoms with Crippen molar-refractivity contribution >= 4 is 16.9 Å². The Morgan fingerprint density at radius 3 is 2.61 bits per heavy atom. The zero-order valence-corrected chi connectivity index (χ0v) is 18.7. The second-order valence-corrected chi connectivity index (χ2v) is 8.47. The largest absolute Gasteiger partial charge is 0.497 e. The van der Waals surface area contributed by atoms with Crippen molar-refractivity contribution < 1.29 is 13.9 Å². The molecule has 1 atom stereocenters. The zero-order chi connectivity index (χ0) is 22.9. The lowest BCUT2D eigenvalue weighted by Gasteiger charge is -2.36. The summed E-state index contributed by atoms with van der Waals surface area (Å²) in [5.41, 5.74) is 6.36. The van der Waals surface area contributed by atoms with Crippen LogP contribution >= 0.6 is 0 Å². The number of aromatic nitrogens is 1. The van der Waals surface area contributed by atoms with E-state index in [1.165, 1.54) is 23.3 Å². The van der Waals surface area contributed by atoms with Gasteiger partial charge in [-0.15, -0.1) is 0 Å². The Balaban J connectivity index is 1.50. The summed E-state index contributed by atoms with van der Waals surface area (Å²) >= 11 is 0. The molecule has 5 nitrogen and oxygen atoms in total. The molecule has 5 rings (SSSR count). The monoisotopic (exact) mass is 443 g/mol. The highest BCUT2D eigenvalue weighted by molar-refractivity contribution is 5.87. The maximum Gasteiger partial charge on any atom is 0.318 e. The highest BCUT2D eigenvalue weighted by Gasteiger charge is 2.34. The van der Waals surface area contributed by atoms with Crippen LogP contribution in [0.1, 0.15) is 34.0 Å². The number of benzene rings is 3. The number of ether oxygens (including phenoxy) is 1.